The molecule has 1 fully saturated rings. The van der Waals surface area contributed by atoms with Crippen LogP contribution in [0.4, 0.5) is 4.39 Å². The fraction of sp³-hybridized carbons (Fsp3) is 0.533. The summed E-state index contributed by atoms with van der Waals surface area (Å²) in [6.07, 6.45) is 2.03. The van der Waals surface area contributed by atoms with Gasteiger partial charge in [0.15, 0.2) is 0 Å². The molecule has 0 aromatic heterocycles. The normalized spacial score (nSPS) is 21.8. The second-order valence-electron chi connectivity index (χ2n) is 5.35. The number of nitrogens with zero attached hydrogens (tertiary/aromatic N) is 1. The lowest BCUT2D eigenvalue weighted by Gasteiger charge is -2.38. The van der Waals surface area contributed by atoms with Gasteiger partial charge in [-0.15, -0.1) is 24.2 Å². The Morgan fingerprint density at radius 2 is 2.10 bits per heavy atom. The average Bonchev–Trinajstić information content (AvgIpc) is 2.46. The van der Waals surface area contributed by atoms with E-state index in [2.05, 4.69) is 6.92 Å². The van der Waals surface area contributed by atoms with Gasteiger partial charge in [-0.3, -0.25) is 4.79 Å². The molecule has 1 aromatic carbocycles. The highest BCUT2D eigenvalue weighted by atomic mass is 35.5. The second kappa shape index (κ2) is 8.61. The number of piperidine rings is 1. The van der Waals surface area contributed by atoms with Gasteiger partial charge in [-0.2, -0.15) is 0 Å². The third-order valence-corrected chi connectivity index (χ3v) is 4.74. The summed E-state index contributed by atoms with van der Waals surface area (Å²) in [6.45, 7) is 3.53. The molecule has 1 aliphatic rings. The SMILES string of the molecule is CC1CCN(C(=O)CSc2ccc(F)cc2)C(CN)C1.Cl. The Kier molecular flexibility index (Phi) is 7.49. The minimum Gasteiger partial charge on any atom is -0.338 e. The first-order valence-corrected chi connectivity index (χ1v) is 7.96. The molecule has 0 bridgehead atoms. The van der Waals surface area contributed by atoms with Gasteiger partial charge < -0.3 is 10.6 Å². The highest BCUT2D eigenvalue weighted by Crippen LogP contribution is 2.24. The van der Waals surface area contributed by atoms with Gasteiger partial charge in [0, 0.05) is 24.0 Å². The van der Waals surface area contributed by atoms with Crippen LogP contribution in [0.1, 0.15) is 19.8 Å². The van der Waals surface area contributed by atoms with Crippen molar-refractivity contribution in [2.24, 2.45) is 11.7 Å². The van der Waals surface area contributed by atoms with Crippen molar-refractivity contribution >= 4 is 30.1 Å². The van der Waals surface area contributed by atoms with Crippen LogP contribution in [0.3, 0.4) is 0 Å². The summed E-state index contributed by atoms with van der Waals surface area (Å²) < 4.78 is 12.8. The van der Waals surface area contributed by atoms with E-state index in [1.54, 1.807) is 12.1 Å². The number of hydrogen-bond donors (Lipinski definition) is 1. The van der Waals surface area contributed by atoms with Gasteiger partial charge in [0.1, 0.15) is 5.82 Å². The Balaban J connectivity index is 0.00000220. The summed E-state index contributed by atoms with van der Waals surface area (Å²) in [7, 11) is 0. The zero-order chi connectivity index (χ0) is 14.5. The van der Waals surface area contributed by atoms with Gasteiger partial charge >= 0.3 is 0 Å². The third kappa shape index (κ3) is 5.16. The van der Waals surface area contributed by atoms with E-state index < -0.39 is 0 Å². The molecule has 2 atom stereocenters. The molecule has 21 heavy (non-hydrogen) atoms. The van der Waals surface area contributed by atoms with Crippen molar-refractivity contribution in [3.05, 3.63) is 30.1 Å². The van der Waals surface area contributed by atoms with Crippen molar-refractivity contribution in [3.8, 4) is 0 Å². The predicted octanol–water partition coefficient (Wildman–Crippen LogP) is 2.93. The first kappa shape index (κ1) is 18.3. The minimum absolute atomic E-state index is 0. The van der Waals surface area contributed by atoms with Gasteiger partial charge in [-0.25, -0.2) is 4.39 Å². The number of benzene rings is 1. The van der Waals surface area contributed by atoms with Crippen molar-refractivity contribution in [2.45, 2.75) is 30.7 Å². The standard InChI is InChI=1S/C15H21FN2OS.ClH/c1-11-6-7-18(13(8-11)9-17)15(19)10-20-14-4-2-12(16)3-5-14;/h2-5,11,13H,6-10,17H2,1H3;1H. The lowest BCUT2D eigenvalue weighted by atomic mass is 9.92. The molecule has 1 aliphatic heterocycles. The summed E-state index contributed by atoms with van der Waals surface area (Å²) in [5.74, 6) is 0.893. The van der Waals surface area contributed by atoms with E-state index in [4.69, 9.17) is 5.73 Å². The smallest absolute Gasteiger partial charge is 0.233 e. The Hall–Kier alpha value is -0.780. The van der Waals surface area contributed by atoms with Crippen molar-refractivity contribution in [3.63, 3.8) is 0 Å². The second-order valence-corrected chi connectivity index (χ2v) is 6.40. The largest absolute Gasteiger partial charge is 0.338 e. The molecule has 0 radical (unpaired) electrons. The first-order valence-electron chi connectivity index (χ1n) is 6.98. The third-order valence-electron chi connectivity index (χ3n) is 3.75. The summed E-state index contributed by atoms with van der Waals surface area (Å²) in [5, 5.41) is 0. The maximum atomic E-state index is 12.8. The lowest BCUT2D eigenvalue weighted by Crippen LogP contribution is -2.49. The molecule has 2 N–H and O–H groups in total. The quantitative estimate of drug-likeness (QED) is 0.862. The number of rotatable bonds is 4. The van der Waals surface area contributed by atoms with Crippen LogP contribution >= 0.6 is 24.2 Å². The van der Waals surface area contributed by atoms with E-state index in [0.717, 1.165) is 24.3 Å². The van der Waals surface area contributed by atoms with Crippen LogP contribution in [-0.4, -0.2) is 35.7 Å². The van der Waals surface area contributed by atoms with Gasteiger partial charge in [0.2, 0.25) is 5.91 Å². The summed E-state index contributed by atoms with van der Waals surface area (Å²) in [4.78, 5) is 15.1. The van der Waals surface area contributed by atoms with E-state index in [0.29, 0.717) is 18.2 Å². The van der Waals surface area contributed by atoms with E-state index in [9.17, 15) is 9.18 Å². The molecule has 6 heteroatoms. The summed E-state index contributed by atoms with van der Waals surface area (Å²) in [6, 6.07) is 6.40. The molecule has 1 saturated heterocycles. The minimum atomic E-state index is -0.256. The highest BCUT2D eigenvalue weighted by molar-refractivity contribution is 8.00. The Labute approximate surface area is 135 Å². The number of amides is 1. The molecule has 1 aromatic rings. The van der Waals surface area contributed by atoms with E-state index >= 15 is 0 Å². The monoisotopic (exact) mass is 332 g/mol. The van der Waals surface area contributed by atoms with Crippen LogP contribution < -0.4 is 5.73 Å². The van der Waals surface area contributed by atoms with Crippen LogP contribution in [0.2, 0.25) is 0 Å². The van der Waals surface area contributed by atoms with E-state index in [1.807, 2.05) is 4.90 Å². The maximum Gasteiger partial charge on any atom is 0.233 e. The number of nitrogens with two attached hydrogens (primary N) is 1. The van der Waals surface area contributed by atoms with Crippen LogP contribution in [0.5, 0.6) is 0 Å². The lowest BCUT2D eigenvalue weighted by molar-refractivity contribution is -0.132. The van der Waals surface area contributed by atoms with E-state index in [-0.39, 0.29) is 30.2 Å². The molecular weight excluding hydrogens is 311 g/mol. The number of thioether (sulfide) groups is 1. The highest BCUT2D eigenvalue weighted by Gasteiger charge is 2.28. The van der Waals surface area contributed by atoms with Crippen LogP contribution in [0, 0.1) is 11.7 Å². The van der Waals surface area contributed by atoms with Crippen LogP contribution in [0.15, 0.2) is 29.2 Å². The number of hydrogen-bond acceptors (Lipinski definition) is 3. The molecule has 2 unspecified atom stereocenters. The van der Waals surface area contributed by atoms with Crippen molar-refractivity contribution in [1.29, 1.82) is 0 Å². The molecule has 3 nitrogen and oxygen atoms in total. The maximum absolute atomic E-state index is 12.8. The Morgan fingerprint density at radius 3 is 2.71 bits per heavy atom. The Morgan fingerprint density at radius 1 is 1.43 bits per heavy atom. The van der Waals surface area contributed by atoms with Crippen molar-refractivity contribution in [1.82, 2.24) is 4.90 Å². The fourth-order valence-electron chi connectivity index (χ4n) is 2.56. The van der Waals surface area contributed by atoms with Crippen molar-refractivity contribution in [2.75, 3.05) is 18.8 Å². The molecule has 0 aliphatic carbocycles. The van der Waals surface area contributed by atoms with Crippen LogP contribution in [-0.2, 0) is 4.79 Å². The first-order chi connectivity index (χ1) is 9.60. The molecule has 118 valence electrons. The molecule has 0 saturated carbocycles. The van der Waals surface area contributed by atoms with Gasteiger partial charge in [-0.05, 0) is 43.0 Å². The Bertz CT molecular complexity index is 457. The zero-order valence-corrected chi connectivity index (χ0v) is 13.8. The fourth-order valence-corrected chi connectivity index (χ4v) is 3.35. The number of carbonyl (C=O) groups is 1. The molecule has 2 rings (SSSR count). The number of carbonyl (C=O) groups excluding carboxylic acids is 1. The summed E-state index contributed by atoms with van der Waals surface area (Å²) in [5.41, 5.74) is 5.78. The topological polar surface area (TPSA) is 46.3 Å². The van der Waals surface area contributed by atoms with Gasteiger partial charge in [0.25, 0.3) is 0 Å². The number of halogens is 2. The number of likely N-dealkylation sites (tertiary alicyclic amines) is 1. The molecular formula is C15H22ClFN2OS. The van der Waals surface area contributed by atoms with E-state index in [1.165, 1.54) is 23.9 Å². The average molecular weight is 333 g/mol. The van der Waals surface area contributed by atoms with Gasteiger partial charge in [-0.1, -0.05) is 6.92 Å². The van der Waals surface area contributed by atoms with Gasteiger partial charge in [0.05, 0.1) is 5.75 Å². The zero-order valence-electron chi connectivity index (χ0n) is 12.1. The van der Waals surface area contributed by atoms with Crippen LogP contribution in [0.25, 0.3) is 0 Å². The van der Waals surface area contributed by atoms with Crippen molar-refractivity contribution < 1.29 is 9.18 Å². The molecule has 1 amide bonds. The predicted molar refractivity (Wildman–Crippen MR) is 87.3 cm³/mol. The molecule has 0 spiro atoms. The molecule has 1 heterocycles. The summed E-state index contributed by atoms with van der Waals surface area (Å²) >= 11 is 1.45.